The van der Waals surface area contributed by atoms with E-state index < -0.39 is 0 Å². The van der Waals surface area contributed by atoms with Gasteiger partial charge in [-0.1, -0.05) is 13.8 Å². The molecule has 0 aliphatic carbocycles. The summed E-state index contributed by atoms with van der Waals surface area (Å²) in [6, 6.07) is 0.875. The smallest absolute Gasteiger partial charge is 0.0570 e. The van der Waals surface area contributed by atoms with E-state index in [-0.39, 0.29) is 12.3 Å². The Morgan fingerprint density at radius 2 is 1.18 bits per heavy atom. The van der Waals surface area contributed by atoms with Gasteiger partial charge in [0.05, 0.1) is 6.10 Å². The van der Waals surface area contributed by atoms with Crippen molar-refractivity contribution in [2.45, 2.75) is 51.8 Å². The zero-order valence-corrected chi connectivity index (χ0v) is 12.8. The van der Waals surface area contributed by atoms with Gasteiger partial charge in [0.25, 0.3) is 0 Å². The lowest BCUT2D eigenvalue weighted by Crippen LogP contribution is -2.50. The van der Waals surface area contributed by atoms with Crippen LogP contribution in [0.4, 0.5) is 0 Å². The zero-order chi connectivity index (χ0) is 12.9. The molecular formula is C13H33N3O. The molecule has 0 aromatic heterocycles. The van der Waals surface area contributed by atoms with Gasteiger partial charge in [0.1, 0.15) is 0 Å². The average Bonchev–Trinajstić information content (AvgIpc) is 2.16. The van der Waals surface area contributed by atoms with Crippen molar-refractivity contribution in [3.05, 3.63) is 0 Å². The molecule has 4 N–H and O–H groups in total. The molecule has 0 fully saturated rings. The van der Waals surface area contributed by atoms with Gasteiger partial charge < -0.3 is 21.1 Å². The molecule has 0 bridgehead atoms. The molecule has 4 nitrogen and oxygen atoms in total. The molecule has 0 radical (unpaired) electrons. The summed E-state index contributed by atoms with van der Waals surface area (Å²) in [5, 5.41) is 10.1. The van der Waals surface area contributed by atoms with Crippen LogP contribution in [0.3, 0.4) is 0 Å². The molecule has 4 heteroatoms. The third-order valence-electron chi connectivity index (χ3n) is 3.61. The molecule has 0 amide bonds. The molecule has 3 atom stereocenters. The van der Waals surface area contributed by atoms with E-state index in [1.54, 1.807) is 0 Å². The Kier molecular flexibility index (Phi) is 10.0. The van der Waals surface area contributed by atoms with Crippen molar-refractivity contribution in [2.24, 2.45) is 5.92 Å². The van der Waals surface area contributed by atoms with Crippen LogP contribution in [0.5, 0.6) is 0 Å². The number of hydrogen-bond acceptors (Lipinski definition) is 4. The molecule has 0 aromatic carbocycles. The quantitative estimate of drug-likeness (QED) is 0.720. The summed E-state index contributed by atoms with van der Waals surface area (Å²) in [6.07, 6.45) is 1.89. The molecule has 3 unspecified atom stereocenters. The summed E-state index contributed by atoms with van der Waals surface area (Å²) in [4.78, 5) is 4.48. The first-order valence-corrected chi connectivity index (χ1v) is 6.37. The van der Waals surface area contributed by atoms with Gasteiger partial charge in [-0.05, 0) is 48.0 Å². The number of nitrogens with zero attached hydrogens (tertiary/aromatic N) is 2. The van der Waals surface area contributed by atoms with Crippen LogP contribution in [0, 0.1) is 5.92 Å². The third kappa shape index (κ3) is 5.34. The predicted octanol–water partition coefficient (Wildman–Crippen LogP) is 1.83. The van der Waals surface area contributed by atoms with Gasteiger partial charge in [-0.2, -0.15) is 0 Å². The number of aliphatic hydroxyl groups excluding tert-OH is 1. The van der Waals surface area contributed by atoms with Crippen molar-refractivity contribution in [1.82, 2.24) is 16.0 Å². The van der Waals surface area contributed by atoms with Crippen LogP contribution < -0.4 is 6.15 Å². The summed E-state index contributed by atoms with van der Waals surface area (Å²) in [6.45, 7) is 6.31. The van der Waals surface area contributed by atoms with Crippen LogP contribution in [-0.4, -0.2) is 61.3 Å². The normalized spacial score (nSPS) is 18.7. The monoisotopic (exact) mass is 247 g/mol. The van der Waals surface area contributed by atoms with Gasteiger partial charge >= 0.3 is 0 Å². The van der Waals surface area contributed by atoms with E-state index in [0.717, 1.165) is 12.8 Å². The van der Waals surface area contributed by atoms with Gasteiger partial charge in [-0.3, -0.25) is 0 Å². The Morgan fingerprint density at radius 1 is 0.882 bits per heavy atom. The summed E-state index contributed by atoms with van der Waals surface area (Å²) >= 11 is 0. The Bertz CT molecular complexity index is 168. The standard InChI is InChI=1S/C13H30N2O.H3N/c1-8-11(14(4)5)13(10(3)16)12(9-2)15(6)7;/h10-13,16H,8-9H2,1-7H3;1H3. The maximum absolute atomic E-state index is 10.1. The lowest BCUT2D eigenvalue weighted by atomic mass is 9.83. The Balaban J connectivity index is 0. The van der Waals surface area contributed by atoms with E-state index in [0.29, 0.717) is 18.0 Å². The SMILES string of the molecule is CCC(C(C(C)O)C(CC)N(C)C)N(C)C.N. The zero-order valence-electron chi connectivity index (χ0n) is 12.8. The van der Waals surface area contributed by atoms with Crippen molar-refractivity contribution in [3.8, 4) is 0 Å². The molecule has 0 aromatic rings. The van der Waals surface area contributed by atoms with E-state index in [2.05, 4.69) is 51.8 Å². The number of hydrogen-bond donors (Lipinski definition) is 2. The highest BCUT2D eigenvalue weighted by molar-refractivity contribution is 4.88. The highest BCUT2D eigenvalue weighted by atomic mass is 16.3. The molecule has 0 saturated heterocycles. The lowest BCUT2D eigenvalue weighted by Gasteiger charge is -2.41. The van der Waals surface area contributed by atoms with Gasteiger partial charge in [0.2, 0.25) is 0 Å². The minimum atomic E-state index is -0.264. The second-order valence-electron chi connectivity index (χ2n) is 5.20. The van der Waals surface area contributed by atoms with Crippen LogP contribution in [0.2, 0.25) is 0 Å². The summed E-state index contributed by atoms with van der Waals surface area (Å²) in [5.41, 5.74) is 0. The second-order valence-corrected chi connectivity index (χ2v) is 5.20. The molecule has 0 aliphatic heterocycles. The van der Waals surface area contributed by atoms with Crippen molar-refractivity contribution in [1.29, 1.82) is 0 Å². The van der Waals surface area contributed by atoms with Gasteiger partial charge in [-0.25, -0.2) is 0 Å². The molecule has 17 heavy (non-hydrogen) atoms. The maximum Gasteiger partial charge on any atom is 0.0570 e. The molecule has 0 rings (SSSR count). The fourth-order valence-corrected chi connectivity index (χ4v) is 2.86. The molecule has 0 heterocycles. The molecule has 106 valence electrons. The predicted molar refractivity (Wildman–Crippen MR) is 75.7 cm³/mol. The van der Waals surface area contributed by atoms with Crippen molar-refractivity contribution < 1.29 is 5.11 Å². The second kappa shape index (κ2) is 8.86. The lowest BCUT2D eigenvalue weighted by molar-refractivity contribution is 0.0124. The van der Waals surface area contributed by atoms with E-state index in [4.69, 9.17) is 0 Å². The van der Waals surface area contributed by atoms with Crippen molar-refractivity contribution in [2.75, 3.05) is 28.2 Å². The van der Waals surface area contributed by atoms with Crippen LogP contribution in [0.15, 0.2) is 0 Å². The summed E-state index contributed by atoms with van der Waals surface area (Å²) in [5.74, 6) is 0.306. The minimum absolute atomic E-state index is 0. The molecule has 0 aliphatic rings. The Labute approximate surface area is 108 Å². The Hall–Kier alpha value is -0.160. The molecule has 0 saturated carbocycles. The fraction of sp³-hybridized carbons (Fsp3) is 1.00. The van der Waals surface area contributed by atoms with Gasteiger partial charge in [-0.15, -0.1) is 0 Å². The molecular weight excluding hydrogens is 214 g/mol. The fourth-order valence-electron chi connectivity index (χ4n) is 2.86. The topological polar surface area (TPSA) is 61.7 Å². The average molecular weight is 247 g/mol. The number of aliphatic hydroxyl groups is 1. The van der Waals surface area contributed by atoms with Crippen molar-refractivity contribution in [3.63, 3.8) is 0 Å². The van der Waals surface area contributed by atoms with Gasteiger partial charge in [0, 0.05) is 18.0 Å². The summed E-state index contributed by atoms with van der Waals surface area (Å²) < 4.78 is 0. The first-order chi connectivity index (χ1) is 7.36. The van der Waals surface area contributed by atoms with Crippen molar-refractivity contribution >= 4 is 0 Å². The van der Waals surface area contributed by atoms with E-state index >= 15 is 0 Å². The van der Waals surface area contributed by atoms with E-state index in [9.17, 15) is 5.11 Å². The Morgan fingerprint density at radius 3 is 1.29 bits per heavy atom. The summed E-state index contributed by atoms with van der Waals surface area (Å²) in [7, 11) is 8.41. The van der Waals surface area contributed by atoms with Crippen LogP contribution in [0.25, 0.3) is 0 Å². The first-order valence-electron chi connectivity index (χ1n) is 6.37. The highest BCUT2D eigenvalue weighted by Crippen LogP contribution is 2.25. The maximum atomic E-state index is 10.1. The van der Waals surface area contributed by atoms with Crippen LogP contribution in [0.1, 0.15) is 33.6 Å². The minimum Gasteiger partial charge on any atom is -0.393 e. The highest BCUT2D eigenvalue weighted by Gasteiger charge is 2.33. The number of rotatable bonds is 7. The third-order valence-corrected chi connectivity index (χ3v) is 3.61. The van der Waals surface area contributed by atoms with Gasteiger partial charge in [0.15, 0.2) is 0 Å². The molecule has 0 spiro atoms. The largest absolute Gasteiger partial charge is 0.393 e. The first kappa shape index (κ1) is 19.2. The van der Waals surface area contributed by atoms with E-state index in [1.165, 1.54) is 0 Å². The van der Waals surface area contributed by atoms with E-state index in [1.807, 2.05) is 6.92 Å². The van der Waals surface area contributed by atoms with Crippen LogP contribution in [-0.2, 0) is 0 Å². The van der Waals surface area contributed by atoms with Crippen LogP contribution >= 0.6 is 0 Å².